The first-order valence-corrected chi connectivity index (χ1v) is 29.0. The van der Waals surface area contributed by atoms with Crippen LogP contribution in [0.3, 0.4) is 0 Å². The molecule has 0 radical (unpaired) electrons. The van der Waals surface area contributed by atoms with E-state index in [4.69, 9.17) is 24.3 Å². The highest BCUT2D eigenvalue weighted by Crippen LogP contribution is 2.43. The summed E-state index contributed by atoms with van der Waals surface area (Å²) in [6.07, 6.45) is 75.4. The molecule has 0 saturated heterocycles. The fraction of sp³-hybridized carbons (Fsp3) is 0.633. The molecule has 0 aliphatic heterocycles. The van der Waals surface area contributed by atoms with Crippen LogP contribution < -0.4 is 5.73 Å². The van der Waals surface area contributed by atoms with E-state index >= 15 is 0 Å². The normalized spacial score (nSPS) is 14.1. The van der Waals surface area contributed by atoms with Gasteiger partial charge in [-0.1, -0.05) is 212 Å². The first kappa shape index (κ1) is 66.4. The Hall–Kier alpha value is -3.59. The zero-order valence-electron chi connectivity index (χ0n) is 44.2. The average molecular weight is 994 g/mol. The Morgan fingerprint density at radius 1 is 0.443 bits per heavy atom. The molecule has 2 unspecified atom stereocenters. The predicted octanol–water partition coefficient (Wildman–Crippen LogP) is 17.2. The van der Waals surface area contributed by atoms with Gasteiger partial charge in [-0.2, -0.15) is 0 Å². The van der Waals surface area contributed by atoms with Crippen LogP contribution in [-0.4, -0.2) is 49.3 Å². The third kappa shape index (κ3) is 53.8. The fourth-order valence-corrected chi connectivity index (χ4v) is 7.80. The van der Waals surface area contributed by atoms with Crippen molar-refractivity contribution in [1.29, 1.82) is 0 Å². The van der Waals surface area contributed by atoms with Crippen molar-refractivity contribution in [1.82, 2.24) is 0 Å². The topological polar surface area (TPSA) is 134 Å². The molecule has 70 heavy (non-hydrogen) atoms. The van der Waals surface area contributed by atoms with Gasteiger partial charge in [0.1, 0.15) is 6.61 Å². The molecule has 0 bridgehead atoms. The van der Waals surface area contributed by atoms with Gasteiger partial charge in [-0.25, -0.2) is 4.57 Å². The van der Waals surface area contributed by atoms with Crippen LogP contribution in [0.2, 0.25) is 0 Å². The van der Waals surface area contributed by atoms with Crippen LogP contribution in [0.4, 0.5) is 0 Å². The summed E-state index contributed by atoms with van der Waals surface area (Å²) in [5.41, 5.74) is 5.36. The summed E-state index contributed by atoms with van der Waals surface area (Å²) < 4.78 is 32.9. The summed E-state index contributed by atoms with van der Waals surface area (Å²) in [4.78, 5) is 35.0. The smallest absolute Gasteiger partial charge is 0.462 e. The van der Waals surface area contributed by atoms with Crippen LogP contribution in [0.1, 0.15) is 213 Å². The standard InChI is InChI=1S/C60H100NO8P/c1-3-5-7-9-11-13-15-17-18-19-20-21-22-23-24-25-26-27-28-29-30-31-32-33-34-35-36-37-38-39-40-41-43-45-47-49-51-53-60(63)69-58(57-68-70(64,65)67-55-54-61)56-66-59(62)52-50-48-46-44-42-16-14-12-10-8-6-4-2/h5,7,11-14,17-18,20-21,23-24,26-27,29-30,32-33,35-36,58H,3-4,6,8-10,15-16,19,22,25,28,31,34,37-57,61H2,1-2H3,(H,64,65)/b7-5-,13-11-,14-12-,18-17-,21-20-,24-23-,27-26-,30-29-,33-32-,36-35-. The van der Waals surface area contributed by atoms with Crippen molar-refractivity contribution >= 4 is 19.8 Å². The number of hydrogen-bond donors (Lipinski definition) is 2. The number of unbranched alkanes of at least 4 members (excludes halogenated alkanes) is 17. The summed E-state index contributed by atoms with van der Waals surface area (Å²) in [6.45, 7) is 3.56. The van der Waals surface area contributed by atoms with E-state index in [-0.39, 0.29) is 32.6 Å². The van der Waals surface area contributed by atoms with Crippen LogP contribution in [0.5, 0.6) is 0 Å². The van der Waals surface area contributed by atoms with Gasteiger partial charge < -0.3 is 20.1 Å². The van der Waals surface area contributed by atoms with Gasteiger partial charge in [0.15, 0.2) is 6.10 Å². The summed E-state index contributed by atoms with van der Waals surface area (Å²) in [5, 5.41) is 0. The Balaban J connectivity index is 3.98. The van der Waals surface area contributed by atoms with Crippen molar-refractivity contribution in [3.8, 4) is 0 Å². The molecule has 9 nitrogen and oxygen atoms in total. The number of carbonyl (C=O) groups excluding carboxylic acids is 2. The molecule has 3 N–H and O–H groups in total. The molecule has 0 aromatic heterocycles. The Bertz CT molecular complexity index is 1550. The molecular weight excluding hydrogens is 894 g/mol. The molecular formula is C60H100NO8P. The molecule has 0 aliphatic rings. The summed E-state index contributed by atoms with van der Waals surface area (Å²) in [5.74, 6) is -0.853. The molecule has 0 aromatic carbocycles. The van der Waals surface area contributed by atoms with E-state index in [9.17, 15) is 19.0 Å². The van der Waals surface area contributed by atoms with Gasteiger partial charge in [0.05, 0.1) is 13.2 Å². The van der Waals surface area contributed by atoms with Gasteiger partial charge >= 0.3 is 19.8 Å². The van der Waals surface area contributed by atoms with Crippen molar-refractivity contribution in [3.63, 3.8) is 0 Å². The van der Waals surface area contributed by atoms with E-state index in [1.54, 1.807) is 0 Å². The lowest BCUT2D eigenvalue weighted by Crippen LogP contribution is -2.29. The number of hydrogen-bond acceptors (Lipinski definition) is 8. The molecule has 0 rings (SSSR count). The molecule has 0 fully saturated rings. The summed E-state index contributed by atoms with van der Waals surface area (Å²) >= 11 is 0. The van der Waals surface area contributed by atoms with Crippen LogP contribution in [0, 0.1) is 0 Å². The number of rotatable bonds is 50. The molecule has 10 heteroatoms. The van der Waals surface area contributed by atoms with E-state index < -0.39 is 32.5 Å². The van der Waals surface area contributed by atoms with Gasteiger partial charge in [0.25, 0.3) is 0 Å². The number of esters is 2. The number of allylic oxidation sites excluding steroid dienone is 20. The molecule has 398 valence electrons. The Morgan fingerprint density at radius 2 is 0.786 bits per heavy atom. The van der Waals surface area contributed by atoms with Crippen LogP contribution in [0.15, 0.2) is 122 Å². The summed E-state index contributed by atoms with van der Waals surface area (Å²) in [7, 11) is -4.39. The molecule has 0 heterocycles. The first-order valence-electron chi connectivity index (χ1n) is 27.5. The highest BCUT2D eigenvalue weighted by atomic mass is 31.2. The largest absolute Gasteiger partial charge is 0.472 e. The molecule has 0 aromatic rings. The van der Waals surface area contributed by atoms with Crippen LogP contribution >= 0.6 is 7.82 Å². The Morgan fingerprint density at radius 3 is 1.19 bits per heavy atom. The number of phosphoric ester groups is 1. The number of phosphoric acid groups is 1. The van der Waals surface area contributed by atoms with Gasteiger partial charge in [0.2, 0.25) is 0 Å². The molecule has 0 amide bonds. The van der Waals surface area contributed by atoms with Crippen molar-refractivity contribution in [3.05, 3.63) is 122 Å². The lowest BCUT2D eigenvalue weighted by atomic mass is 10.1. The van der Waals surface area contributed by atoms with Crippen molar-refractivity contribution in [2.24, 2.45) is 5.73 Å². The zero-order valence-corrected chi connectivity index (χ0v) is 45.1. The summed E-state index contributed by atoms with van der Waals surface area (Å²) in [6, 6.07) is 0. The van der Waals surface area contributed by atoms with E-state index in [0.717, 1.165) is 128 Å². The molecule has 0 spiro atoms. The minimum atomic E-state index is -4.39. The third-order valence-electron chi connectivity index (χ3n) is 11.1. The Labute approximate surface area is 428 Å². The quantitative estimate of drug-likeness (QED) is 0.0264. The number of nitrogens with two attached hydrogens (primary N) is 1. The maximum Gasteiger partial charge on any atom is 0.472 e. The number of ether oxygens (including phenoxy) is 2. The second kappa shape index (κ2) is 54.7. The molecule has 2 atom stereocenters. The molecule has 0 saturated carbocycles. The third-order valence-corrected chi connectivity index (χ3v) is 12.1. The first-order chi connectivity index (χ1) is 34.3. The number of carbonyl (C=O) groups is 2. The van der Waals surface area contributed by atoms with Gasteiger partial charge in [-0.05, 0) is 109 Å². The monoisotopic (exact) mass is 994 g/mol. The molecule has 0 aliphatic carbocycles. The SMILES string of the molecule is CC/C=C\C/C=C\C/C=C\C/C=C\C/C=C\C/C=C\C/C=C\C/C=C\C/C=C\CCCCCCCCCCCC(=O)OC(COC(=O)CCCCCCC/C=C\CCCCC)COP(=O)(O)OCCN. The maximum atomic E-state index is 12.7. The van der Waals surface area contributed by atoms with Gasteiger partial charge in [0, 0.05) is 19.4 Å². The lowest BCUT2D eigenvalue weighted by Gasteiger charge is -2.19. The minimum Gasteiger partial charge on any atom is -0.462 e. The lowest BCUT2D eigenvalue weighted by molar-refractivity contribution is -0.161. The highest BCUT2D eigenvalue weighted by molar-refractivity contribution is 7.47. The Kier molecular flexibility index (Phi) is 51.9. The van der Waals surface area contributed by atoms with Crippen LogP contribution in [0.25, 0.3) is 0 Å². The van der Waals surface area contributed by atoms with E-state index in [1.807, 2.05) is 0 Å². The van der Waals surface area contributed by atoms with E-state index in [0.29, 0.717) is 6.42 Å². The minimum absolute atomic E-state index is 0.0459. The second-order valence-corrected chi connectivity index (χ2v) is 19.2. The fourth-order valence-electron chi connectivity index (χ4n) is 7.03. The highest BCUT2D eigenvalue weighted by Gasteiger charge is 2.26. The van der Waals surface area contributed by atoms with E-state index in [1.165, 1.54) is 51.4 Å². The van der Waals surface area contributed by atoms with Gasteiger partial charge in [-0.15, -0.1) is 0 Å². The predicted molar refractivity (Wildman–Crippen MR) is 297 cm³/mol. The maximum absolute atomic E-state index is 12.7. The average Bonchev–Trinajstić information content (AvgIpc) is 3.35. The zero-order chi connectivity index (χ0) is 51.0. The van der Waals surface area contributed by atoms with Crippen molar-refractivity contribution in [2.75, 3.05) is 26.4 Å². The van der Waals surface area contributed by atoms with Gasteiger partial charge in [-0.3, -0.25) is 18.6 Å². The van der Waals surface area contributed by atoms with Crippen LogP contribution in [-0.2, 0) is 32.7 Å². The second-order valence-electron chi connectivity index (χ2n) is 17.7. The van der Waals surface area contributed by atoms with Crippen molar-refractivity contribution in [2.45, 2.75) is 219 Å². The van der Waals surface area contributed by atoms with Crippen molar-refractivity contribution < 1.29 is 37.6 Å². The van der Waals surface area contributed by atoms with E-state index in [2.05, 4.69) is 135 Å².